The Morgan fingerprint density at radius 1 is 1.14 bits per heavy atom. The fraction of sp³-hybridized carbons (Fsp3) is 0.125. The average molecular weight is 298 g/mol. The van der Waals surface area contributed by atoms with Crippen LogP contribution in [-0.4, -0.2) is 15.8 Å². The molecule has 5 heteroatoms. The highest BCUT2D eigenvalue weighted by Crippen LogP contribution is 2.17. The minimum atomic E-state index is -0.0257. The molecule has 3 rings (SSSR count). The first-order valence-electron chi connectivity index (χ1n) is 6.57. The zero-order valence-electron chi connectivity index (χ0n) is 11.3. The van der Waals surface area contributed by atoms with Gasteiger partial charge in [0, 0.05) is 22.8 Å². The Morgan fingerprint density at radius 2 is 2.00 bits per heavy atom. The first-order valence-corrected chi connectivity index (χ1v) is 7.45. The smallest absolute Gasteiger partial charge is 0.254 e. The quantitative estimate of drug-likeness (QED) is 0.723. The SMILES string of the molecule is O=C(c1ccncc1)N(Cc1ccco1)Cc1cccs1. The minimum Gasteiger partial charge on any atom is -0.467 e. The van der Waals surface area contributed by atoms with E-state index in [0.29, 0.717) is 18.7 Å². The lowest BCUT2D eigenvalue weighted by Crippen LogP contribution is -2.29. The molecule has 0 aliphatic carbocycles. The molecular formula is C16H14N2O2S. The van der Waals surface area contributed by atoms with E-state index in [4.69, 9.17) is 4.42 Å². The Morgan fingerprint density at radius 3 is 2.67 bits per heavy atom. The molecule has 0 spiro atoms. The summed E-state index contributed by atoms with van der Waals surface area (Å²) in [6.07, 6.45) is 4.88. The molecule has 3 aromatic rings. The number of furan rings is 1. The van der Waals surface area contributed by atoms with Crippen LogP contribution in [0.15, 0.2) is 64.9 Å². The van der Waals surface area contributed by atoms with Gasteiger partial charge in [0.25, 0.3) is 5.91 Å². The number of carbonyl (C=O) groups excluding carboxylic acids is 1. The van der Waals surface area contributed by atoms with Gasteiger partial charge in [-0.2, -0.15) is 0 Å². The highest BCUT2D eigenvalue weighted by Gasteiger charge is 2.18. The van der Waals surface area contributed by atoms with Gasteiger partial charge in [0.15, 0.2) is 0 Å². The molecule has 3 heterocycles. The third-order valence-corrected chi connectivity index (χ3v) is 3.93. The molecule has 4 nitrogen and oxygen atoms in total. The summed E-state index contributed by atoms with van der Waals surface area (Å²) in [7, 11) is 0. The summed E-state index contributed by atoms with van der Waals surface area (Å²) in [5, 5.41) is 2.01. The normalized spacial score (nSPS) is 10.5. The van der Waals surface area contributed by atoms with Crippen molar-refractivity contribution in [3.8, 4) is 0 Å². The van der Waals surface area contributed by atoms with Crippen LogP contribution in [0.1, 0.15) is 21.0 Å². The van der Waals surface area contributed by atoms with Crippen molar-refractivity contribution in [1.82, 2.24) is 9.88 Å². The largest absolute Gasteiger partial charge is 0.467 e. The number of amides is 1. The summed E-state index contributed by atoms with van der Waals surface area (Å²) < 4.78 is 5.37. The highest BCUT2D eigenvalue weighted by atomic mass is 32.1. The lowest BCUT2D eigenvalue weighted by atomic mass is 10.2. The first kappa shape index (κ1) is 13.6. The Hall–Kier alpha value is -2.40. The Labute approximate surface area is 126 Å². The molecule has 0 atom stereocenters. The van der Waals surface area contributed by atoms with Gasteiger partial charge in [0.1, 0.15) is 5.76 Å². The summed E-state index contributed by atoms with van der Waals surface area (Å²) in [5.74, 6) is 0.746. The van der Waals surface area contributed by atoms with Crippen LogP contribution in [0.3, 0.4) is 0 Å². The molecule has 1 amide bonds. The molecule has 0 saturated carbocycles. The molecule has 0 aromatic carbocycles. The molecule has 0 radical (unpaired) electrons. The summed E-state index contributed by atoms with van der Waals surface area (Å²) >= 11 is 1.64. The van der Waals surface area contributed by atoms with E-state index in [-0.39, 0.29) is 5.91 Å². The maximum Gasteiger partial charge on any atom is 0.254 e. The van der Waals surface area contributed by atoms with Crippen LogP contribution in [0, 0.1) is 0 Å². The standard InChI is InChI=1S/C16H14N2O2S/c19-16(13-5-7-17-8-6-13)18(11-14-3-1-9-20-14)12-15-4-2-10-21-15/h1-10H,11-12H2. The molecule has 0 aliphatic heterocycles. The molecule has 106 valence electrons. The monoisotopic (exact) mass is 298 g/mol. The number of thiophene rings is 1. The predicted molar refractivity (Wildman–Crippen MR) is 80.8 cm³/mol. The van der Waals surface area contributed by atoms with Crippen molar-refractivity contribution in [2.45, 2.75) is 13.1 Å². The number of nitrogens with zero attached hydrogens (tertiary/aromatic N) is 2. The number of carbonyl (C=O) groups is 1. The fourth-order valence-electron chi connectivity index (χ4n) is 2.06. The second kappa shape index (κ2) is 6.37. The van der Waals surface area contributed by atoms with Crippen molar-refractivity contribution in [2.75, 3.05) is 0 Å². The number of hydrogen-bond donors (Lipinski definition) is 0. The number of pyridine rings is 1. The average Bonchev–Trinajstić information content (AvgIpc) is 3.20. The van der Waals surface area contributed by atoms with E-state index < -0.39 is 0 Å². The zero-order valence-corrected chi connectivity index (χ0v) is 12.1. The van der Waals surface area contributed by atoms with E-state index in [1.807, 2.05) is 29.6 Å². The van der Waals surface area contributed by atoms with Gasteiger partial charge in [-0.15, -0.1) is 11.3 Å². The molecule has 0 unspecified atom stereocenters. The van der Waals surface area contributed by atoms with Gasteiger partial charge < -0.3 is 9.32 Å². The van der Waals surface area contributed by atoms with Crippen LogP contribution in [0.2, 0.25) is 0 Å². The van der Waals surface area contributed by atoms with Crippen molar-refractivity contribution >= 4 is 17.2 Å². The van der Waals surface area contributed by atoms with Gasteiger partial charge in [0.05, 0.1) is 19.4 Å². The molecular weight excluding hydrogens is 284 g/mol. The molecule has 0 fully saturated rings. The van der Waals surface area contributed by atoms with Crippen molar-refractivity contribution in [1.29, 1.82) is 0 Å². The van der Waals surface area contributed by atoms with Crippen molar-refractivity contribution in [3.63, 3.8) is 0 Å². The summed E-state index contributed by atoms with van der Waals surface area (Å²) in [6, 6.07) is 11.2. The summed E-state index contributed by atoms with van der Waals surface area (Å²) in [6.45, 7) is 1.02. The van der Waals surface area contributed by atoms with Gasteiger partial charge >= 0.3 is 0 Å². The fourth-order valence-corrected chi connectivity index (χ4v) is 2.78. The molecule has 0 bridgehead atoms. The minimum absolute atomic E-state index is 0.0257. The van der Waals surface area contributed by atoms with Crippen LogP contribution in [0.4, 0.5) is 0 Å². The Bertz CT molecular complexity index is 642. The van der Waals surface area contributed by atoms with Crippen molar-refractivity contribution in [2.24, 2.45) is 0 Å². The van der Waals surface area contributed by atoms with Crippen LogP contribution in [0.25, 0.3) is 0 Å². The van der Waals surface area contributed by atoms with E-state index >= 15 is 0 Å². The van der Waals surface area contributed by atoms with Crippen molar-refractivity contribution < 1.29 is 9.21 Å². The maximum absolute atomic E-state index is 12.7. The van der Waals surface area contributed by atoms with Gasteiger partial charge in [-0.1, -0.05) is 6.07 Å². The Kier molecular flexibility index (Phi) is 4.12. The predicted octanol–water partition coefficient (Wildman–Crippen LogP) is 3.58. The Balaban J connectivity index is 1.82. The number of aromatic nitrogens is 1. The molecule has 0 aliphatic rings. The van der Waals surface area contributed by atoms with Crippen molar-refractivity contribution in [3.05, 3.63) is 76.6 Å². The zero-order chi connectivity index (χ0) is 14.5. The lowest BCUT2D eigenvalue weighted by Gasteiger charge is -2.21. The van der Waals surface area contributed by atoms with E-state index in [0.717, 1.165) is 10.6 Å². The number of hydrogen-bond acceptors (Lipinski definition) is 4. The van der Waals surface area contributed by atoms with Gasteiger partial charge in [-0.3, -0.25) is 9.78 Å². The number of rotatable bonds is 5. The van der Waals surface area contributed by atoms with E-state index in [9.17, 15) is 4.79 Å². The molecule has 0 N–H and O–H groups in total. The van der Waals surface area contributed by atoms with Crippen LogP contribution in [0.5, 0.6) is 0 Å². The summed E-state index contributed by atoms with van der Waals surface area (Å²) in [4.78, 5) is 19.5. The molecule has 0 saturated heterocycles. The van der Waals surface area contributed by atoms with Crippen LogP contribution >= 0.6 is 11.3 Å². The maximum atomic E-state index is 12.7. The molecule has 21 heavy (non-hydrogen) atoms. The van der Waals surface area contributed by atoms with Gasteiger partial charge in [0.2, 0.25) is 0 Å². The van der Waals surface area contributed by atoms with Gasteiger partial charge in [-0.05, 0) is 35.7 Å². The van der Waals surface area contributed by atoms with E-state index in [1.165, 1.54) is 0 Å². The first-order chi connectivity index (χ1) is 10.3. The third-order valence-electron chi connectivity index (χ3n) is 3.07. The topological polar surface area (TPSA) is 46.3 Å². The van der Waals surface area contributed by atoms with Crippen LogP contribution < -0.4 is 0 Å². The van der Waals surface area contributed by atoms with E-state index in [1.54, 1.807) is 47.0 Å². The van der Waals surface area contributed by atoms with Crippen LogP contribution in [-0.2, 0) is 13.1 Å². The summed E-state index contributed by atoms with van der Waals surface area (Å²) in [5.41, 5.74) is 0.633. The lowest BCUT2D eigenvalue weighted by molar-refractivity contribution is 0.0719. The third kappa shape index (κ3) is 3.38. The second-order valence-corrected chi connectivity index (χ2v) is 5.59. The van der Waals surface area contributed by atoms with E-state index in [2.05, 4.69) is 4.98 Å². The van der Waals surface area contributed by atoms with Gasteiger partial charge in [-0.25, -0.2) is 0 Å². The molecule has 3 aromatic heterocycles. The second-order valence-electron chi connectivity index (χ2n) is 4.56. The highest BCUT2D eigenvalue weighted by molar-refractivity contribution is 7.09.